The predicted octanol–water partition coefficient (Wildman–Crippen LogP) is 3.87. The Kier molecular flexibility index (Phi) is 5.93. The fourth-order valence-electron chi connectivity index (χ4n) is 4.43. The van der Waals surface area contributed by atoms with Crippen LogP contribution >= 0.6 is 0 Å². The number of halogens is 1. The number of aliphatic hydroxyl groups is 1. The van der Waals surface area contributed by atoms with Crippen molar-refractivity contribution in [3.8, 4) is 17.0 Å². The average molecular weight is 468 g/mol. The third kappa shape index (κ3) is 4.10. The van der Waals surface area contributed by atoms with Gasteiger partial charge in [0.2, 0.25) is 5.88 Å². The number of nitrogens with zero attached hydrogens (tertiary/aromatic N) is 2. The van der Waals surface area contributed by atoms with Crippen LogP contribution in [0, 0.1) is 12.7 Å². The van der Waals surface area contributed by atoms with Crippen molar-refractivity contribution in [1.29, 1.82) is 0 Å². The van der Waals surface area contributed by atoms with Gasteiger partial charge in [-0.2, -0.15) is 0 Å². The highest BCUT2D eigenvalue weighted by Crippen LogP contribution is 2.40. The molecule has 1 saturated heterocycles. The number of aromatic nitrogens is 2. The maximum Gasteiger partial charge on any atom is 0.413 e. The molecule has 0 bridgehead atoms. The number of carbonyl (C=O) groups excluding carboxylic acids is 1. The number of hydrogen-bond donors (Lipinski definition) is 3. The topological polar surface area (TPSA) is 129 Å². The number of rotatable bonds is 3. The van der Waals surface area contributed by atoms with Crippen LogP contribution in [0.2, 0.25) is 0 Å². The van der Waals surface area contributed by atoms with Crippen molar-refractivity contribution in [1.82, 2.24) is 9.97 Å². The van der Waals surface area contributed by atoms with Crippen molar-refractivity contribution < 1.29 is 28.5 Å². The van der Waals surface area contributed by atoms with Crippen molar-refractivity contribution in [2.75, 3.05) is 30.9 Å². The van der Waals surface area contributed by atoms with E-state index >= 15 is 4.39 Å². The zero-order chi connectivity index (χ0) is 23.8. The van der Waals surface area contributed by atoms with Crippen LogP contribution in [0.1, 0.15) is 36.5 Å². The quantitative estimate of drug-likeness (QED) is 0.494. The van der Waals surface area contributed by atoms with Crippen LogP contribution in [0.3, 0.4) is 0 Å². The summed E-state index contributed by atoms with van der Waals surface area (Å²) in [5.74, 6) is 0.00327. The van der Waals surface area contributed by atoms with E-state index in [0.29, 0.717) is 72.4 Å². The highest BCUT2D eigenvalue weighted by Gasteiger charge is 2.26. The molecule has 0 radical (unpaired) electrons. The molecule has 1 fully saturated rings. The van der Waals surface area contributed by atoms with Crippen molar-refractivity contribution in [2.45, 2.75) is 38.4 Å². The van der Waals surface area contributed by atoms with Gasteiger partial charge in [0, 0.05) is 53.7 Å². The van der Waals surface area contributed by atoms with E-state index in [1.807, 2.05) is 0 Å². The number of pyridine rings is 2. The molecule has 5 rings (SSSR count). The Morgan fingerprint density at radius 2 is 1.97 bits per heavy atom. The van der Waals surface area contributed by atoms with Crippen molar-refractivity contribution in [2.24, 2.45) is 0 Å². The fourth-order valence-corrected chi connectivity index (χ4v) is 4.43. The van der Waals surface area contributed by atoms with Gasteiger partial charge in [-0.15, -0.1) is 0 Å². The van der Waals surface area contributed by atoms with E-state index in [9.17, 15) is 9.90 Å². The molecule has 0 saturated carbocycles. The van der Waals surface area contributed by atoms with Gasteiger partial charge in [0.1, 0.15) is 11.9 Å². The van der Waals surface area contributed by atoms with Crippen LogP contribution in [0.4, 0.5) is 20.7 Å². The molecule has 34 heavy (non-hydrogen) atoms. The second-order valence-electron chi connectivity index (χ2n) is 8.45. The molecule has 9 nitrogen and oxygen atoms in total. The Balaban J connectivity index is 1.48. The van der Waals surface area contributed by atoms with E-state index in [-0.39, 0.29) is 23.2 Å². The van der Waals surface area contributed by atoms with Crippen LogP contribution in [0.25, 0.3) is 21.9 Å². The summed E-state index contributed by atoms with van der Waals surface area (Å²) < 4.78 is 31.6. The molecule has 2 aliphatic rings. The van der Waals surface area contributed by atoms with Gasteiger partial charge in [0.15, 0.2) is 5.82 Å². The summed E-state index contributed by atoms with van der Waals surface area (Å²) in [6.07, 6.45) is 3.10. The minimum absolute atomic E-state index is 0.0646. The smallest absolute Gasteiger partial charge is 0.413 e. The Morgan fingerprint density at radius 3 is 2.76 bits per heavy atom. The van der Waals surface area contributed by atoms with Crippen molar-refractivity contribution in [3.63, 3.8) is 0 Å². The van der Waals surface area contributed by atoms with Gasteiger partial charge >= 0.3 is 6.09 Å². The Morgan fingerprint density at radius 1 is 1.18 bits per heavy atom. The molecule has 10 heteroatoms. The van der Waals surface area contributed by atoms with E-state index in [1.165, 1.54) is 12.4 Å². The first-order valence-corrected chi connectivity index (χ1v) is 11.2. The lowest BCUT2D eigenvalue weighted by Crippen LogP contribution is -2.28. The Labute approximate surface area is 195 Å². The molecule has 1 amide bonds. The Bertz CT molecular complexity index is 1260. The fraction of sp³-hybridized carbons (Fsp3) is 0.375. The summed E-state index contributed by atoms with van der Waals surface area (Å²) in [7, 11) is 0. The van der Waals surface area contributed by atoms with Crippen LogP contribution < -0.4 is 15.8 Å². The molecule has 0 spiro atoms. The van der Waals surface area contributed by atoms with Gasteiger partial charge in [0.25, 0.3) is 0 Å². The van der Waals surface area contributed by atoms with Gasteiger partial charge in [-0.25, -0.2) is 19.2 Å². The number of anilines is 2. The van der Waals surface area contributed by atoms with E-state index < -0.39 is 18.0 Å². The van der Waals surface area contributed by atoms with Gasteiger partial charge < -0.3 is 25.1 Å². The number of amides is 1. The van der Waals surface area contributed by atoms with Crippen molar-refractivity contribution >= 4 is 28.4 Å². The minimum Gasteiger partial charge on any atom is -0.477 e. The van der Waals surface area contributed by atoms with Crippen LogP contribution in [0.5, 0.6) is 5.88 Å². The molecule has 4 heterocycles. The number of nitrogens with one attached hydrogen (secondary N) is 1. The number of carbonyl (C=O) groups is 1. The summed E-state index contributed by atoms with van der Waals surface area (Å²) in [6.45, 7) is 3.27. The van der Waals surface area contributed by atoms with Crippen LogP contribution in [-0.2, 0) is 9.47 Å². The lowest BCUT2D eigenvalue weighted by molar-refractivity contribution is 0.00590. The second kappa shape index (κ2) is 9.03. The summed E-state index contributed by atoms with van der Waals surface area (Å²) in [5.41, 5.74) is 8.00. The van der Waals surface area contributed by atoms with E-state index in [0.717, 1.165) is 0 Å². The van der Waals surface area contributed by atoms with Gasteiger partial charge in [-0.05, 0) is 30.0 Å². The molecule has 178 valence electrons. The number of ether oxygens (including phenoxy) is 3. The third-order valence-corrected chi connectivity index (χ3v) is 6.27. The number of fused-ring (bicyclic) bond motifs is 2. The number of benzene rings is 1. The maximum atomic E-state index is 15.3. The molecular formula is C24H25FN4O5. The molecular weight excluding hydrogens is 443 g/mol. The lowest BCUT2D eigenvalue weighted by atomic mass is 9.92. The van der Waals surface area contributed by atoms with E-state index in [1.54, 1.807) is 19.1 Å². The maximum absolute atomic E-state index is 15.3. The predicted molar refractivity (Wildman–Crippen MR) is 123 cm³/mol. The van der Waals surface area contributed by atoms with E-state index in [4.69, 9.17) is 19.9 Å². The van der Waals surface area contributed by atoms with Crippen molar-refractivity contribution in [3.05, 3.63) is 41.5 Å². The Hall–Kier alpha value is -3.50. The monoisotopic (exact) mass is 468 g/mol. The normalized spacial score (nSPS) is 18.3. The second-order valence-corrected chi connectivity index (χ2v) is 8.45. The minimum atomic E-state index is -0.737. The first kappa shape index (κ1) is 22.3. The SMILES string of the molecule is Cc1c(-c2cc3cc(NC(=O)OC4CCOCC4)ncc3c(N)c2F)cnc2c1[C@@H](O)CCO2. The molecule has 4 N–H and O–H groups in total. The number of aliphatic hydroxyl groups excluding tert-OH is 1. The molecule has 1 atom stereocenters. The lowest BCUT2D eigenvalue weighted by Gasteiger charge is -2.24. The highest BCUT2D eigenvalue weighted by atomic mass is 19.1. The summed E-state index contributed by atoms with van der Waals surface area (Å²) in [6, 6.07) is 3.24. The molecule has 0 aliphatic carbocycles. The van der Waals surface area contributed by atoms with Crippen LogP contribution in [-0.4, -0.2) is 47.1 Å². The first-order valence-electron chi connectivity index (χ1n) is 11.2. The molecule has 0 unspecified atom stereocenters. The summed E-state index contributed by atoms with van der Waals surface area (Å²) in [5, 5.41) is 14.1. The number of nitrogens with two attached hydrogens (primary N) is 1. The molecule has 2 aromatic heterocycles. The zero-order valence-electron chi connectivity index (χ0n) is 18.6. The largest absolute Gasteiger partial charge is 0.477 e. The molecule has 1 aromatic carbocycles. The van der Waals surface area contributed by atoms with E-state index in [2.05, 4.69) is 15.3 Å². The summed E-state index contributed by atoms with van der Waals surface area (Å²) in [4.78, 5) is 20.8. The summed E-state index contributed by atoms with van der Waals surface area (Å²) >= 11 is 0. The number of hydrogen-bond acceptors (Lipinski definition) is 8. The van der Waals surface area contributed by atoms with Gasteiger partial charge in [-0.1, -0.05) is 0 Å². The average Bonchev–Trinajstić information content (AvgIpc) is 2.82. The van der Waals surface area contributed by atoms with Gasteiger partial charge in [0.05, 0.1) is 31.6 Å². The zero-order valence-corrected chi connectivity index (χ0v) is 18.6. The van der Waals surface area contributed by atoms with Crippen LogP contribution in [0.15, 0.2) is 24.5 Å². The standard InChI is InChI=1S/C24H25FN4O5/c1-12-16(10-28-23-20(12)18(30)4-7-33-23)15-8-13-9-19(27-11-17(13)22(26)21(15)25)29-24(31)34-14-2-5-32-6-3-14/h8-11,14,18,30H,2-7,26H2,1H3,(H,27,29,31)/t18-/m0/s1. The molecule has 3 aromatic rings. The first-order chi connectivity index (χ1) is 16.4. The third-order valence-electron chi connectivity index (χ3n) is 6.27. The number of nitrogen functional groups attached to an aromatic ring is 1. The molecule has 2 aliphatic heterocycles. The highest BCUT2D eigenvalue weighted by molar-refractivity contribution is 5.99. The van der Waals surface area contributed by atoms with Gasteiger partial charge in [-0.3, -0.25) is 5.32 Å².